The highest BCUT2D eigenvalue weighted by molar-refractivity contribution is 5.65. The highest BCUT2D eigenvalue weighted by Crippen LogP contribution is 2.06. The van der Waals surface area contributed by atoms with Crippen LogP contribution in [-0.4, -0.2) is 78.6 Å². The third-order valence-electron chi connectivity index (χ3n) is 2.64. The van der Waals surface area contributed by atoms with Gasteiger partial charge in [0, 0.05) is 32.4 Å². The summed E-state index contributed by atoms with van der Waals surface area (Å²) in [7, 11) is 3.83. The van der Waals surface area contributed by atoms with Crippen LogP contribution in [0.3, 0.4) is 0 Å². The van der Waals surface area contributed by atoms with E-state index >= 15 is 0 Å². The Labute approximate surface area is 89.6 Å². The maximum absolute atomic E-state index is 10.7. The minimum atomic E-state index is -0.856. The van der Waals surface area contributed by atoms with Crippen molar-refractivity contribution < 1.29 is 9.90 Å². The van der Waals surface area contributed by atoms with Gasteiger partial charge in [-0.25, -0.2) is 4.79 Å². The zero-order valence-electron chi connectivity index (χ0n) is 9.18. The Hall–Kier alpha value is -1.14. The predicted octanol–water partition coefficient (Wildman–Crippen LogP) is -0.181. The zero-order chi connectivity index (χ0) is 11.4. The van der Waals surface area contributed by atoms with E-state index in [9.17, 15) is 4.79 Å². The zero-order valence-corrected chi connectivity index (χ0v) is 9.18. The van der Waals surface area contributed by atoms with Gasteiger partial charge < -0.3 is 15.4 Å². The van der Waals surface area contributed by atoms with Crippen molar-refractivity contribution in [2.45, 2.75) is 6.17 Å². The van der Waals surface area contributed by atoms with Crippen molar-refractivity contribution in [3.63, 3.8) is 0 Å². The molecule has 1 heterocycles. The van der Waals surface area contributed by atoms with Gasteiger partial charge in [0.05, 0.1) is 6.17 Å². The van der Waals surface area contributed by atoms with E-state index < -0.39 is 6.09 Å². The Morgan fingerprint density at radius 2 is 1.93 bits per heavy atom. The third-order valence-corrected chi connectivity index (χ3v) is 2.64. The molecule has 1 amide bonds. The average Bonchev–Trinajstić information content (AvgIpc) is 2.19. The fourth-order valence-corrected chi connectivity index (χ4v) is 1.76. The minimum absolute atomic E-state index is 0.0269. The maximum atomic E-state index is 10.7. The van der Waals surface area contributed by atoms with Gasteiger partial charge in [-0.2, -0.15) is 0 Å². The van der Waals surface area contributed by atoms with Crippen molar-refractivity contribution in [2.75, 3.05) is 40.3 Å². The Morgan fingerprint density at radius 1 is 1.40 bits per heavy atom. The van der Waals surface area contributed by atoms with Gasteiger partial charge in [-0.3, -0.25) is 9.80 Å². The van der Waals surface area contributed by atoms with Crippen molar-refractivity contribution >= 4 is 12.3 Å². The van der Waals surface area contributed by atoms with Crippen LogP contribution < -0.4 is 0 Å². The Morgan fingerprint density at radius 3 is 2.27 bits per heavy atom. The SMILES string of the molecule is CN(C)C(C=N)N1CCN(C(=O)O)CC1. The molecule has 15 heavy (non-hydrogen) atoms. The summed E-state index contributed by atoms with van der Waals surface area (Å²) in [4.78, 5) is 16.1. The van der Waals surface area contributed by atoms with E-state index in [-0.39, 0.29) is 6.17 Å². The smallest absolute Gasteiger partial charge is 0.407 e. The maximum Gasteiger partial charge on any atom is 0.407 e. The first kappa shape index (κ1) is 11.9. The highest BCUT2D eigenvalue weighted by atomic mass is 16.4. The Bertz CT molecular complexity index is 236. The second kappa shape index (κ2) is 5.09. The van der Waals surface area contributed by atoms with E-state index in [2.05, 4.69) is 4.90 Å². The lowest BCUT2D eigenvalue weighted by Gasteiger charge is -2.39. The molecule has 1 atom stereocenters. The van der Waals surface area contributed by atoms with Crippen LogP contribution in [0.5, 0.6) is 0 Å². The number of nitrogens with one attached hydrogen (secondary N) is 1. The number of nitrogens with zero attached hydrogens (tertiary/aromatic N) is 3. The van der Waals surface area contributed by atoms with Crippen LogP contribution >= 0.6 is 0 Å². The van der Waals surface area contributed by atoms with Crippen molar-refractivity contribution in [3.05, 3.63) is 0 Å². The number of carboxylic acid groups (broad SMARTS) is 1. The summed E-state index contributed by atoms with van der Waals surface area (Å²) in [5, 5.41) is 16.1. The highest BCUT2D eigenvalue weighted by Gasteiger charge is 2.25. The van der Waals surface area contributed by atoms with Gasteiger partial charge in [-0.1, -0.05) is 0 Å². The first-order valence-electron chi connectivity index (χ1n) is 4.95. The molecule has 0 bridgehead atoms. The summed E-state index contributed by atoms with van der Waals surface area (Å²) in [6.45, 7) is 2.41. The molecule has 0 saturated carbocycles. The monoisotopic (exact) mass is 214 g/mol. The van der Waals surface area contributed by atoms with Gasteiger partial charge >= 0.3 is 6.09 Å². The lowest BCUT2D eigenvalue weighted by Crippen LogP contribution is -2.55. The van der Waals surface area contributed by atoms with E-state index in [0.29, 0.717) is 26.2 Å². The normalized spacial score (nSPS) is 20.3. The van der Waals surface area contributed by atoms with Gasteiger partial charge in [0.1, 0.15) is 0 Å². The second-order valence-corrected chi connectivity index (χ2v) is 3.85. The number of amides is 1. The van der Waals surface area contributed by atoms with Crippen molar-refractivity contribution in [2.24, 2.45) is 0 Å². The number of hydrogen-bond donors (Lipinski definition) is 2. The van der Waals surface area contributed by atoms with Crippen LogP contribution in [-0.2, 0) is 0 Å². The van der Waals surface area contributed by atoms with Gasteiger partial charge in [0.2, 0.25) is 0 Å². The van der Waals surface area contributed by atoms with Gasteiger partial charge in [-0.05, 0) is 14.1 Å². The van der Waals surface area contributed by atoms with Crippen LogP contribution in [0.1, 0.15) is 0 Å². The fourth-order valence-electron chi connectivity index (χ4n) is 1.76. The lowest BCUT2D eigenvalue weighted by molar-refractivity contribution is 0.0651. The van der Waals surface area contributed by atoms with E-state index in [0.717, 1.165) is 0 Å². The molecular formula is C9H18N4O2. The molecule has 0 radical (unpaired) electrons. The number of carbonyl (C=O) groups is 1. The molecule has 2 N–H and O–H groups in total. The first-order chi connectivity index (χ1) is 7.06. The van der Waals surface area contributed by atoms with Gasteiger partial charge in [-0.15, -0.1) is 0 Å². The largest absolute Gasteiger partial charge is 0.465 e. The van der Waals surface area contributed by atoms with Crippen molar-refractivity contribution in [3.8, 4) is 0 Å². The lowest BCUT2D eigenvalue weighted by atomic mass is 10.3. The van der Waals surface area contributed by atoms with Crippen molar-refractivity contribution in [1.82, 2.24) is 14.7 Å². The number of rotatable bonds is 3. The van der Waals surface area contributed by atoms with E-state index in [4.69, 9.17) is 10.5 Å². The number of hydrogen-bond acceptors (Lipinski definition) is 4. The molecule has 0 aromatic rings. The molecule has 1 fully saturated rings. The summed E-state index contributed by atoms with van der Waals surface area (Å²) in [6, 6.07) is 0. The molecule has 1 unspecified atom stereocenters. The number of piperazine rings is 1. The molecular weight excluding hydrogens is 196 g/mol. The van der Waals surface area contributed by atoms with E-state index in [1.807, 2.05) is 19.0 Å². The second-order valence-electron chi connectivity index (χ2n) is 3.85. The molecule has 0 aromatic heterocycles. The van der Waals surface area contributed by atoms with Crippen LogP contribution in [0.4, 0.5) is 4.79 Å². The summed E-state index contributed by atoms with van der Waals surface area (Å²) in [5.74, 6) is 0. The molecule has 1 aliphatic rings. The molecule has 1 aliphatic heterocycles. The van der Waals surface area contributed by atoms with Crippen molar-refractivity contribution in [1.29, 1.82) is 5.41 Å². The fraction of sp³-hybridized carbons (Fsp3) is 0.778. The Balaban J connectivity index is 2.49. The summed E-state index contributed by atoms with van der Waals surface area (Å²) >= 11 is 0. The average molecular weight is 214 g/mol. The Kier molecular flexibility index (Phi) is 4.05. The summed E-state index contributed by atoms with van der Waals surface area (Å²) in [5.41, 5.74) is 0. The minimum Gasteiger partial charge on any atom is -0.465 e. The molecule has 0 spiro atoms. The summed E-state index contributed by atoms with van der Waals surface area (Å²) < 4.78 is 0. The summed E-state index contributed by atoms with van der Waals surface area (Å²) in [6.07, 6.45) is 0.503. The molecule has 0 aromatic carbocycles. The standard InChI is InChI=1S/C9H18N4O2/c1-11(2)8(7-10)12-3-5-13(6-4-12)9(14)15/h7-8,10H,3-6H2,1-2H3,(H,14,15). The van der Waals surface area contributed by atoms with Gasteiger partial charge in [0.25, 0.3) is 0 Å². The van der Waals surface area contributed by atoms with Crippen LogP contribution in [0.25, 0.3) is 0 Å². The van der Waals surface area contributed by atoms with Crippen LogP contribution in [0.15, 0.2) is 0 Å². The molecule has 6 nitrogen and oxygen atoms in total. The molecule has 6 heteroatoms. The predicted molar refractivity (Wildman–Crippen MR) is 57.4 cm³/mol. The van der Waals surface area contributed by atoms with E-state index in [1.54, 1.807) is 0 Å². The quantitative estimate of drug-likeness (QED) is 0.639. The van der Waals surface area contributed by atoms with Crippen LogP contribution in [0.2, 0.25) is 0 Å². The first-order valence-corrected chi connectivity index (χ1v) is 4.95. The topological polar surface area (TPSA) is 70.9 Å². The molecule has 86 valence electrons. The molecule has 0 aliphatic carbocycles. The molecule has 1 rings (SSSR count). The van der Waals surface area contributed by atoms with Crippen LogP contribution in [0, 0.1) is 5.41 Å². The third kappa shape index (κ3) is 2.90. The van der Waals surface area contributed by atoms with Gasteiger partial charge in [0.15, 0.2) is 0 Å². The molecule has 1 saturated heterocycles. The van der Waals surface area contributed by atoms with E-state index in [1.165, 1.54) is 11.1 Å².